The summed E-state index contributed by atoms with van der Waals surface area (Å²) in [6, 6.07) is 6.68. The molecule has 3 rings (SSSR count). The first kappa shape index (κ1) is 14.5. The highest BCUT2D eigenvalue weighted by Crippen LogP contribution is 2.39. The van der Waals surface area contributed by atoms with E-state index in [4.69, 9.17) is 0 Å². The van der Waals surface area contributed by atoms with Crippen molar-refractivity contribution in [2.24, 2.45) is 0 Å². The number of carbonyl (C=O) groups is 1. The third-order valence-electron chi connectivity index (χ3n) is 4.98. The van der Waals surface area contributed by atoms with E-state index >= 15 is 0 Å². The fourth-order valence-electron chi connectivity index (χ4n) is 3.34. The van der Waals surface area contributed by atoms with E-state index in [1.807, 2.05) is 6.07 Å². The lowest BCUT2D eigenvalue weighted by Crippen LogP contribution is -2.58. The first-order chi connectivity index (χ1) is 10.0. The molecule has 1 saturated heterocycles. The van der Waals surface area contributed by atoms with Gasteiger partial charge >= 0.3 is 0 Å². The Morgan fingerprint density at radius 1 is 1.38 bits per heavy atom. The number of hydrogen-bond donors (Lipinski definition) is 1. The fourth-order valence-corrected chi connectivity index (χ4v) is 3.34. The Labute approximate surface area is 124 Å². The van der Waals surface area contributed by atoms with E-state index in [0.717, 1.165) is 12.8 Å². The van der Waals surface area contributed by atoms with E-state index in [1.54, 1.807) is 17.0 Å². The Bertz CT molecular complexity index is 542. The van der Waals surface area contributed by atoms with E-state index in [-0.39, 0.29) is 30.0 Å². The van der Waals surface area contributed by atoms with Crippen LogP contribution in [0.5, 0.6) is 0 Å². The monoisotopic (exact) mass is 291 g/mol. The Morgan fingerprint density at radius 3 is 2.67 bits per heavy atom. The largest absolute Gasteiger partial charge is 0.320 e. The summed E-state index contributed by atoms with van der Waals surface area (Å²) in [5, 5.41) is 3.14. The van der Waals surface area contributed by atoms with Crippen molar-refractivity contribution in [3.63, 3.8) is 0 Å². The second kappa shape index (κ2) is 5.39. The molecule has 21 heavy (non-hydrogen) atoms. The average molecular weight is 291 g/mol. The summed E-state index contributed by atoms with van der Waals surface area (Å²) in [5.41, 5.74) is 0.599. The number of amides is 1. The van der Waals surface area contributed by atoms with Crippen LogP contribution in [0.2, 0.25) is 0 Å². The Morgan fingerprint density at radius 2 is 2.10 bits per heavy atom. The molecule has 114 valence electrons. The summed E-state index contributed by atoms with van der Waals surface area (Å²) in [7, 11) is 4.12. The van der Waals surface area contributed by atoms with E-state index in [0.29, 0.717) is 12.1 Å². The van der Waals surface area contributed by atoms with Gasteiger partial charge in [-0.15, -0.1) is 0 Å². The second-order valence-electron chi connectivity index (χ2n) is 6.30. The van der Waals surface area contributed by atoms with Crippen molar-refractivity contribution >= 4 is 5.91 Å². The maximum absolute atomic E-state index is 14.0. The highest BCUT2D eigenvalue weighted by Gasteiger charge is 2.45. The van der Waals surface area contributed by atoms with Gasteiger partial charge in [0.25, 0.3) is 0 Å². The first-order valence-corrected chi connectivity index (χ1v) is 7.48. The number of nitrogens with one attached hydrogen (secondary N) is 1. The van der Waals surface area contributed by atoms with Crippen molar-refractivity contribution in [1.29, 1.82) is 0 Å². The maximum Gasteiger partial charge on any atom is 0.238 e. The molecule has 5 heteroatoms. The van der Waals surface area contributed by atoms with Gasteiger partial charge in [-0.2, -0.15) is 0 Å². The molecule has 1 amide bonds. The zero-order valence-electron chi connectivity index (χ0n) is 12.6. The van der Waals surface area contributed by atoms with Crippen LogP contribution >= 0.6 is 0 Å². The zero-order chi connectivity index (χ0) is 15.0. The lowest BCUT2D eigenvalue weighted by atomic mass is 9.75. The van der Waals surface area contributed by atoms with Gasteiger partial charge in [0.15, 0.2) is 0 Å². The third-order valence-corrected chi connectivity index (χ3v) is 4.98. The molecule has 0 radical (unpaired) electrons. The van der Waals surface area contributed by atoms with Gasteiger partial charge in [0.05, 0.1) is 6.54 Å². The highest BCUT2D eigenvalue weighted by molar-refractivity contribution is 5.81. The molecular weight excluding hydrogens is 269 g/mol. The van der Waals surface area contributed by atoms with Crippen molar-refractivity contribution in [1.82, 2.24) is 15.1 Å². The van der Waals surface area contributed by atoms with Crippen molar-refractivity contribution in [2.45, 2.75) is 31.0 Å². The summed E-state index contributed by atoms with van der Waals surface area (Å²) in [6.45, 7) is 0.938. The molecule has 2 fully saturated rings. The second-order valence-corrected chi connectivity index (χ2v) is 6.30. The molecule has 1 saturated carbocycles. The molecule has 1 aliphatic carbocycles. The Hall–Kier alpha value is -1.46. The predicted octanol–water partition coefficient (Wildman–Crippen LogP) is 1.74. The van der Waals surface area contributed by atoms with E-state index in [1.165, 1.54) is 12.5 Å². The van der Waals surface area contributed by atoms with Crippen LogP contribution in [-0.4, -0.2) is 48.4 Å². The van der Waals surface area contributed by atoms with Gasteiger partial charge in [-0.3, -0.25) is 10.1 Å². The van der Waals surface area contributed by atoms with Crippen LogP contribution in [0.3, 0.4) is 0 Å². The maximum atomic E-state index is 14.0. The lowest BCUT2D eigenvalue weighted by Gasteiger charge is -2.50. The van der Waals surface area contributed by atoms with Crippen molar-refractivity contribution < 1.29 is 9.18 Å². The molecule has 0 aromatic heterocycles. The van der Waals surface area contributed by atoms with Gasteiger partial charge in [0.2, 0.25) is 5.91 Å². The smallest absolute Gasteiger partial charge is 0.238 e. The quantitative estimate of drug-likeness (QED) is 0.918. The van der Waals surface area contributed by atoms with E-state index in [2.05, 4.69) is 24.3 Å². The molecule has 2 aliphatic rings. The van der Waals surface area contributed by atoms with Crippen molar-refractivity contribution in [3.05, 3.63) is 35.6 Å². The average Bonchev–Trinajstić information content (AvgIpc) is 2.75. The number of halogens is 1. The molecule has 0 bridgehead atoms. The SMILES string of the molecule is CN(C)C1(CN2C(=O)CNC2c2ccccc2F)CCC1. The molecule has 1 aromatic carbocycles. The van der Waals surface area contributed by atoms with Crippen LogP contribution in [0.25, 0.3) is 0 Å². The Kier molecular flexibility index (Phi) is 3.71. The van der Waals surface area contributed by atoms with Gasteiger partial charge < -0.3 is 9.80 Å². The number of nitrogens with zero attached hydrogens (tertiary/aromatic N) is 2. The fraction of sp³-hybridized carbons (Fsp3) is 0.562. The molecule has 1 heterocycles. The molecule has 1 aliphatic heterocycles. The minimum absolute atomic E-state index is 0.0468. The van der Waals surface area contributed by atoms with Crippen LogP contribution in [-0.2, 0) is 4.79 Å². The summed E-state index contributed by atoms with van der Waals surface area (Å²) < 4.78 is 14.0. The molecule has 1 atom stereocenters. The van der Waals surface area contributed by atoms with Crippen LogP contribution in [0.4, 0.5) is 4.39 Å². The summed E-state index contributed by atoms with van der Waals surface area (Å²) >= 11 is 0. The predicted molar refractivity (Wildman–Crippen MR) is 79.1 cm³/mol. The molecule has 1 unspecified atom stereocenters. The highest BCUT2D eigenvalue weighted by atomic mass is 19.1. The van der Waals surface area contributed by atoms with Gasteiger partial charge in [0, 0.05) is 17.6 Å². The van der Waals surface area contributed by atoms with Crippen molar-refractivity contribution in [3.8, 4) is 0 Å². The van der Waals surface area contributed by atoms with Crippen molar-refractivity contribution in [2.75, 3.05) is 27.2 Å². The minimum Gasteiger partial charge on any atom is -0.320 e. The first-order valence-electron chi connectivity index (χ1n) is 7.48. The normalized spacial score (nSPS) is 24.5. The van der Waals surface area contributed by atoms with E-state index < -0.39 is 0 Å². The van der Waals surface area contributed by atoms with Crippen LogP contribution < -0.4 is 5.32 Å². The molecular formula is C16H22FN3O. The minimum atomic E-state index is -0.351. The van der Waals surface area contributed by atoms with Crippen LogP contribution in [0.15, 0.2) is 24.3 Å². The third kappa shape index (κ3) is 2.45. The molecule has 1 aromatic rings. The lowest BCUT2D eigenvalue weighted by molar-refractivity contribution is -0.131. The zero-order valence-corrected chi connectivity index (χ0v) is 12.6. The van der Waals surface area contributed by atoms with Gasteiger partial charge in [-0.05, 0) is 39.4 Å². The molecule has 1 N–H and O–H groups in total. The van der Waals surface area contributed by atoms with Gasteiger partial charge in [-0.1, -0.05) is 18.2 Å². The Balaban J connectivity index is 1.85. The number of benzene rings is 1. The topological polar surface area (TPSA) is 35.6 Å². The molecule has 4 nitrogen and oxygen atoms in total. The summed E-state index contributed by atoms with van der Waals surface area (Å²) in [6.07, 6.45) is 3.02. The summed E-state index contributed by atoms with van der Waals surface area (Å²) in [4.78, 5) is 16.2. The summed E-state index contributed by atoms with van der Waals surface area (Å²) in [5.74, 6) is -0.210. The number of rotatable bonds is 4. The van der Waals surface area contributed by atoms with Crippen LogP contribution in [0.1, 0.15) is 31.0 Å². The number of hydrogen-bond acceptors (Lipinski definition) is 3. The standard InChI is InChI=1S/C16H22FN3O/c1-19(2)16(8-5-9-16)11-20-14(21)10-18-15(20)12-6-3-4-7-13(12)17/h3-4,6-7,15,18H,5,8-11H2,1-2H3. The number of likely N-dealkylation sites (N-methyl/N-ethyl adjacent to an activating group) is 1. The van der Waals surface area contributed by atoms with E-state index in [9.17, 15) is 9.18 Å². The number of carbonyl (C=O) groups excluding carboxylic acids is 1. The van der Waals surface area contributed by atoms with Crippen LogP contribution in [0, 0.1) is 5.82 Å². The van der Waals surface area contributed by atoms with Gasteiger partial charge in [0.1, 0.15) is 12.0 Å². The van der Waals surface area contributed by atoms with Gasteiger partial charge in [-0.25, -0.2) is 4.39 Å². The molecule has 0 spiro atoms.